The number of benzene rings is 2. The summed E-state index contributed by atoms with van der Waals surface area (Å²) in [6.07, 6.45) is 0.663. The normalized spacial score (nSPS) is 10.9. The highest BCUT2D eigenvalue weighted by Crippen LogP contribution is 2.27. The van der Waals surface area contributed by atoms with E-state index in [0.29, 0.717) is 46.3 Å². The third-order valence-electron chi connectivity index (χ3n) is 4.36. The van der Waals surface area contributed by atoms with Gasteiger partial charge in [-0.25, -0.2) is 4.39 Å². The van der Waals surface area contributed by atoms with Gasteiger partial charge in [0, 0.05) is 6.42 Å². The van der Waals surface area contributed by atoms with Gasteiger partial charge in [-0.1, -0.05) is 36.0 Å². The lowest BCUT2D eigenvalue weighted by molar-refractivity contribution is 0.292. The maximum atomic E-state index is 14.6. The molecule has 8 nitrogen and oxygen atoms in total. The van der Waals surface area contributed by atoms with E-state index in [4.69, 9.17) is 14.0 Å². The molecule has 0 saturated carbocycles. The van der Waals surface area contributed by atoms with Gasteiger partial charge in [0.2, 0.25) is 5.89 Å². The minimum atomic E-state index is -0.386. The number of para-hydroxylation sites is 1. The molecule has 2 heterocycles. The van der Waals surface area contributed by atoms with Gasteiger partial charge in [0.25, 0.3) is 0 Å². The number of methoxy groups -OCH3 is 1. The minimum absolute atomic E-state index is 0.108. The van der Waals surface area contributed by atoms with Crippen molar-refractivity contribution in [3.8, 4) is 17.2 Å². The number of hydrogen-bond acceptors (Lipinski definition) is 8. The van der Waals surface area contributed by atoms with Crippen LogP contribution in [-0.2, 0) is 18.8 Å². The fraction of sp³-hybridized carbons (Fsp3) is 0.238. The molecule has 2 aromatic heterocycles. The molecule has 0 aliphatic heterocycles. The average Bonchev–Trinajstić information content (AvgIpc) is 3.43. The first kappa shape index (κ1) is 20.9. The summed E-state index contributed by atoms with van der Waals surface area (Å²) in [4.78, 5) is 4.30. The summed E-state index contributed by atoms with van der Waals surface area (Å²) in [6, 6.07) is 13.6. The van der Waals surface area contributed by atoms with E-state index in [1.54, 1.807) is 54.1 Å². The van der Waals surface area contributed by atoms with Crippen molar-refractivity contribution in [1.82, 2.24) is 24.9 Å². The molecule has 0 unspecified atom stereocenters. The highest BCUT2D eigenvalue weighted by atomic mass is 32.2. The number of ether oxygens (including phenoxy) is 2. The average molecular weight is 441 g/mol. The Morgan fingerprint density at radius 2 is 1.84 bits per heavy atom. The van der Waals surface area contributed by atoms with Crippen LogP contribution >= 0.6 is 11.8 Å². The summed E-state index contributed by atoms with van der Waals surface area (Å²) < 4.78 is 32.4. The lowest BCUT2D eigenvalue weighted by Crippen LogP contribution is -2.08. The van der Waals surface area contributed by atoms with Crippen molar-refractivity contribution in [2.75, 3.05) is 7.11 Å². The zero-order chi connectivity index (χ0) is 21.6. The minimum Gasteiger partial charge on any atom is -0.497 e. The Labute approximate surface area is 182 Å². The van der Waals surface area contributed by atoms with Crippen molar-refractivity contribution in [2.24, 2.45) is 0 Å². The van der Waals surface area contributed by atoms with E-state index in [-0.39, 0.29) is 12.4 Å². The second-order valence-corrected chi connectivity index (χ2v) is 7.34. The molecule has 4 aromatic rings. The Bertz CT molecular complexity index is 1150. The summed E-state index contributed by atoms with van der Waals surface area (Å²) in [5.74, 6) is 2.97. The lowest BCUT2D eigenvalue weighted by atomic mass is 10.3. The highest BCUT2D eigenvalue weighted by Gasteiger charge is 2.19. The SMILES string of the molecule is CCc1nc(CSc2nnc(COc3ccc(OC)cc3)n2-c2ccccc2F)no1. The highest BCUT2D eigenvalue weighted by molar-refractivity contribution is 7.98. The van der Waals surface area contributed by atoms with E-state index in [0.717, 1.165) is 5.75 Å². The summed E-state index contributed by atoms with van der Waals surface area (Å²) in [5, 5.41) is 12.9. The van der Waals surface area contributed by atoms with Gasteiger partial charge in [0.15, 0.2) is 16.8 Å². The zero-order valence-corrected chi connectivity index (χ0v) is 17.8. The predicted octanol–water partition coefficient (Wildman–Crippen LogP) is 4.23. The smallest absolute Gasteiger partial charge is 0.226 e. The monoisotopic (exact) mass is 441 g/mol. The second-order valence-electron chi connectivity index (χ2n) is 6.40. The second kappa shape index (κ2) is 9.61. The summed E-state index contributed by atoms with van der Waals surface area (Å²) >= 11 is 1.34. The van der Waals surface area contributed by atoms with Crippen LogP contribution < -0.4 is 9.47 Å². The van der Waals surface area contributed by atoms with E-state index in [9.17, 15) is 4.39 Å². The fourth-order valence-corrected chi connectivity index (χ4v) is 3.61. The van der Waals surface area contributed by atoms with Gasteiger partial charge in [-0.3, -0.25) is 4.57 Å². The van der Waals surface area contributed by atoms with Crippen molar-refractivity contribution in [2.45, 2.75) is 30.9 Å². The molecule has 10 heteroatoms. The van der Waals surface area contributed by atoms with Crippen LogP contribution in [0.4, 0.5) is 4.39 Å². The standard InChI is InChI=1S/C21H20FN5O3S/c1-3-20-23-18(26-30-20)13-31-21-25-24-19(27(21)17-7-5-4-6-16(17)22)12-29-15-10-8-14(28-2)9-11-15/h4-11H,3,12-13H2,1-2H3. The van der Waals surface area contributed by atoms with Crippen LogP contribution in [-0.4, -0.2) is 32.0 Å². The Balaban J connectivity index is 1.57. The van der Waals surface area contributed by atoms with Gasteiger partial charge < -0.3 is 14.0 Å². The molecule has 2 aromatic carbocycles. The molecule has 0 atom stereocenters. The molecular weight excluding hydrogens is 421 g/mol. The largest absolute Gasteiger partial charge is 0.497 e. The Morgan fingerprint density at radius 1 is 1.06 bits per heavy atom. The van der Waals surface area contributed by atoms with E-state index in [1.807, 2.05) is 6.92 Å². The molecule has 0 saturated heterocycles. The Morgan fingerprint density at radius 3 is 2.55 bits per heavy atom. The van der Waals surface area contributed by atoms with Crippen LogP contribution in [0.1, 0.15) is 24.5 Å². The molecule has 0 amide bonds. The van der Waals surface area contributed by atoms with Crippen LogP contribution in [0.15, 0.2) is 58.2 Å². The number of halogens is 1. The van der Waals surface area contributed by atoms with Crippen LogP contribution in [0.25, 0.3) is 5.69 Å². The van der Waals surface area contributed by atoms with E-state index < -0.39 is 0 Å². The van der Waals surface area contributed by atoms with Gasteiger partial charge in [-0.2, -0.15) is 4.98 Å². The van der Waals surface area contributed by atoms with Gasteiger partial charge >= 0.3 is 0 Å². The number of thioether (sulfide) groups is 1. The molecule has 0 fully saturated rings. The van der Waals surface area contributed by atoms with Crippen molar-refractivity contribution in [1.29, 1.82) is 0 Å². The molecule has 0 N–H and O–H groups in total. The molecule has 4 rings (SSSR count). The van der Waals surface area contributed by atoms with Crippen LogP contribution in [0.5, 0.6) is 11.5 Å². The quantitative estimate of drug-likeness (QED) is 0.357. The topological polar surface area (TPSA) is 88.1 Å². The van der Waals surface area contributed by atoms with Crippen LogP contribution in [0.2, 0.25) is 0 Å². The Kier molecular flexibility index (Phi) is 6.46. The first-order valence-corrected chi connectivity index (χ1v) is 10.6. The molecule has 160 valence electrons. The molecular formula is C21H20FN5O3S. The first-order chi connectivity index (χ1) is 15.2. The van der Waals surface area contributed by atoms with Gasteiger partial charge in [0.05, 0.1) is 18.6 Å². The third kappa shape index (κ3) is 4.85. The van der Waals surface area contributed by atoms with Gasteiger partial charge in [-0.15, -0.1) is 10.2 Å². The number of hydrogen-bond donors (Lipinski definition) is 0. The third-order valence-corrected chi connectivity index (χ3v) is 5.29. The fourth-order valence-electron chi connectivity index (χ4n) is 2.80. The summed E-state index contributed by atoms with van der Waals surface area (Å²) in [7, 11) is 1.60. The predicted molar refractivity (Wildman–Crippen MR) is 112 cm³/mol. The molecule has 0 aliphatic rings. The zero-order valence-electron chi connectivity index (χ0n) is 17.0. The summed E-state index contributed by atoms with van der Waals surface area (Å²) in [6.45, 7) is 2.05. The maximum absolute atomic E-state index is 14.6. The van der Waals surface area contributed by atoms with Crippen LogP contribution in [0, 0.1) is 5.82 Å². The van der Waals surface area contributed by atoms with Crippen molar-refractivity contribution in [3.63, 3.8) is 0 Å². The lowest BCUT2D eigenvalue weighted by Gasteiger charge is -2.12. The molecule has 31 heavy (non-hydrogen) atoms. The van der Waals surface area contributed by atoms with Crippen molar-refractivity contribution in [3.05, 3.63) is 71.9 Å². The first-order valence-electron chi connectivity index (χ1n) is 9.58. The van der Waals surface area contributed by atoms with Crippen molar-refractivity contribution < 1.29 is 18.4 Å². The van der Waals surface area contributed by atoms with Gasteiger partial charge in [0.1, 0.15) is 23.9 Å². The number of nitrogens with zero attached hydrogens (tertiary/aromatic N) is 5. The van der Waals surface area contributed by atoms with E-state index >= 15 is 0 Å². The maximum Gasteiger partial charge on any atom is 0.226 e. The number of aryl methyl sites for hydroxylation is 1. The van der Waals surface area contributed by atoms with E-state index in [1.165, 1.54) is 17.8 Å². The molecule has 0 spiro atoms. The van der Waals surface area contributed by atoms with Gasteiger partial charge in [-0.05, 0) is 36.4 Å². The molecule has 0 radical (unpaired) electrons. The van der Waals surface area contributed by atoms with Crippen LogP contribution in [0.3, 0.4) is 0 Å². The number of rotatable bonds is 9. The van der Waals surface area contributed by atoms with Crippen molar-refractivity contribution >= 4 is 11.8 Å². The molecule has 0 bridgehead atoms. The summed E-state index contributed by atoms with van der Waals surface area (Å²) in [5.41, 5.74) is 0.339. The molecule has 0 aliphatic carbocycles. The Hall–Kier alpha value is -3.40. The number of aromatic nitrogens is 5. The van der Waals surface area contributed by atoms with E-state index in [2.05, 4.69) is 20.3 Å².